The van der Waals surface area contributed by atoms with Crippen LogP contribution in [0.15, 0.2) is 12.4 Å². The highest BCUT2D eigenvalue weighted by molar-refractivity contribution is 5.09. The molecule has 0 fully saturated rings. The van der Waals surface area contributed by atoms with Crippen molar-refractivity contribution >= 4 is 0 Å². The first kappa shape index (κ1) is 14.9. The molecule has 0 aromatic carbocycles. The topological polar surface area (TPSA) is 47.0 Å². The van der Waals surface area contributed by atoms with Crippen molar-refractivity contribution in [2.24, 2.45) is 0 Å². The minimum absolute atomic E-state index is 0.0707. The molecule has 0 saturated heterocycles. The van der Waals surface area contributed by atoms with E-state index in [1.165, 1.54) is 0 Å². The number of hydrogen-bond donors (Lipinski definition) is 1. The second kappa shape index (κ2) is 5.65. The van der Waals surface area contributed by atoms with Crippen LogP contribution in [0.1, 0.15) is 53.7 Å². The third-order valence-electron chi connectivity index (χ3n) is 2.69. The average Bonchev–Trinajstić information content (AvgIpc) is 2.25. The van der Waals surface area contributed by atoms with Crippen LogP contribution in [-0.2, 0) is 6.54 Å². The Bertz CT molecular complexity index is 383. The van der Waals surface area contributed by atoms with Gasteiger partial charge in [-0.25, -0.2) is 4.98 Å². The standard InChI is InChI=1S/C14H25N3O/c1-7-14(5,6)18-12-10-15-8-11(17-12)9-16-13(2,3)4/h8,10,16H,7,9H2,1-6H3. The van der Waals surface area contributed by atoms with Crippen molar-refractivity contribution in [2.75, 3.05) is 0 Å². The SMILES string of the molecule is CCC(C)(C)Oc1cncc(CNC(C)(C)C)n1. The van der Waals surface area contributed by atoms with Gasteiger partial charge in [0.1, 0.15) is 5.60 Å². The van der Waals surface area contributed by atoms with Crippen molar-refractivity contribution in [1.29, 1.82) is 0 Å². The third-order valence-corrected chi connectivity index (χ3v) is 2.69. The predicted molar refractivity (Wildman–Crippen MR) is 73.6 cm³/mol. The van der Waals surface area contributed by atoms with E-state index in [-0.39, 0.29) is 11.1 Å². The van der Waals surface area contributed by atoms with Gasteiger partial charge in [-0.2, -0.15) is 0 Å². The van der Waals surface area contributed by atoms with E-state index in [9.17, 15) is 0 Å². The van der Waals surface area contributed by atoms with E-state index in [0.29, 0.717) is 12.4 Å². The Morgan fingerprint density at radius 3 is 2.39 bits per heavy atom. The molecule has 0 unspecified atom stereocenters. The lowest BCUT2D eigenvalue weighted by Crippen LogP contribution is -2.35. The van der Waals surface area contributed by atoms with Gasteiger partial charge in [0.2, 0.25) is 5.88 Å². The number of rotatable bonds is 5. The fourth-order valence-corrected chi connectivity index (χ4v) is 1.23. The van der Waals surface area contributed by atoms with Crippen molar-refractivity contribution in [2.45, 2.75) is 65.6 Å². The van der Waals surface area contributed by atoms with Crippen molar-refractivity contribution in [3.8, 4) is 5.88 Å². The Hall–Kier alpha value is -1.16. The van der Waals surface area contributed by atoms with E-state index in [1.54, 1.807) is 12.4 Å². The summed E-state index contributed by atoms with van der Waals surface area (Å²) >= 11 is 0. The highest BCUT2D eigenvalue weighted by Crippen LogP contribution is 2.18. The molecular formula is C14H25N3O. The molecule has 1 N–H and O–H groups in total. The number of nitrogens with one attached hydrogen (secondary N) is 1. The Labute approximate surface area is 110 Å². The molecule has 18 heavy (non-hydrogen) atoms. The van der Waals surface area contributed by atoms with Crippen LogP contribution in [-0.4, -0.2) is 21.1 Å². The maximum atomic E-state index is 5.82. The van der Waals surface area contributed by atoms with E-state index in [2.05, 4.69) is 56.8 Å². The van der Waals surface area contributed by atoms with E-state index in [1.807, 2.05) is 0 Å². The largest absolute Gasteiger partial charge is 0.471 e. The van der Waals surface area contributed by atoms with Gasteiger partial charge >= 0.3 is 0 Å². The molecule has 102 valence electrons. The molecule has 0 amide bonds. The van der Waals surface area contributed by atoms with Crippen LogP contribution in [0.4, 0.5) is 0 Å². The second-order valence-corrected chi connectivity index (χ2v) is 6.17. The van der Waals surface area contributed by atoms with Gasteiger partial charge in [-0.3, -0.25) is 4.98 Å². The summed E-state index contributed by atoms with van der Waals surface area (Å²) in [6.07, 6.45) is 4.36. The molecule has 0 bridgehead atoms. The molecule has 1 rings (SSSR count). The van der Waals surface area contributed by atoms with Crippen LogP contribution in [0.3, 0.4) is 0 Å². The van der Waals surface area contributed by atoms with Crippen LogP contribution in [0.25, 0.3) is 0 Å². The normalized spacial score (nSPS) is 12.6. The molecule has 0 aliphatic rings. The Balaban J connectivity index is 2.68. The quantitative estimate of drug-likeness (QED) is 0.874. The van der Waals surface area contributed by atoms with Gasteiger partial charge in [-0.1, -0.05) is 6.92 Å². The number of hydrogen-bond acceptors (Lipinski definition) is 4. The third kappa shape index (κ3) is 5.45. The lowest BCUT2D eigenvalue weighted by molar-refractivity contribution is 0.0980. The Kier molecular flexibility index (Phi) is 4.68. The summed E-state index contributed by atoms with van der Waals surface area (Å²) < 4.78 is 5.82. The molecule has 1 aromatic rings. The highest BCUT2D eigenvalue weighted by atomic mass is 16.5. The van der Waals surface area contributed by atoms with Gasteiger partial charge in [0.25, 0.3) is 0 Å². The number of ether oxygens (including phenoxy) is 1. The zero-order valence-electron chi connectivity index (χ0n) is 12.4. The first-order chi connectivity index (χ1) is 8.22. The van der Waals surface area contributed by atoms with Crippen LogP contribution in [0.5, 0.6) is 5.88 Å². The lowest BCUT2D eigenvalue weighted by Gasteiger charge is -2.24. The first-order valence-electron chi connectivity index (χ1n) is 6.47. The molecule has 0 atom stereocenters. The number of nitrogens with zero attached hydrogens (tertiary/aromatic N) is 2. The smallest absolute Gasteiger partial charge is 0.233 e. The summed E-state index contributed by atoms with van der Waals surface area (Å²) in [4.78, 5) is 8.64. The van der Waals surface area contributed by atoms with Gasteiger partial charge < -0.3 is 10.1 Å². The summed E-state index contributed by atoms with van der Waals surface area (Å²) in [6.45, 7) is 13.3. The average molecular weight is 251 g/mol. The minimum Gasteiger partial charge on any atom is -0.471 e. The van der Waals surface area contributed by atoms with Gasteiger partial charge in [-0.05, 0) is 41.0 Å². The summed E-state index contributed by atoms with van der Waals surface area (Å²) in [5, 5.41) is 3.38. The molecule has 0 radical (unpaired) electrons. The van der Waals surface area contributed by atoms with Gasteiger partial charge in [-0.15, -0.1) is 0 Å². The molecule has 0 spiro atoms. The lowest BCUT2D eigenvalue weighted by atomic mass is 10.1. The van der Waals surface area contributed by atoms with E-state index in [0.717, 1.165) is 12.1 Å². The van der Waals surface area contributed by atoms with E-state index in [4.69, 9.17) is 4.74 Å². The Morgan fingerprint density at radius 2 is 1.83 bits per heavy atom. The molecule has 0 aliphatic carbocycles. The molecule has 4 heteroatoms. The summed E-state index contributed by atoms with van der Waals surface area (Å²) in [5.74, 6) is 0.593. The molecule has 0 aliphatic heterocycles. The maximum absolute atomic E-state index is 5.82. The van der Waals surface area contributed by atoms with Crippen LogP contribution >= 0.6 is 0 Å². The van der Waals surface area contributed by atoms with Crippen molar-refractivity contribution < 1.29 is 4.74 Å². The molecule has 4 nitrogen and oxygen atoms in total. The van der Waals surface area contributed by atoms with E-state index >= 15 is 0 Å². The van der Waals surface area contributed by atoms with Crippen LogP contribution < -0.4 is 10.1 Å². The van der Waals surface area contributed by atoms with Gasteiger partial charge in [0.15, 0.2) is 0 Å². The van der Waals surface area contributed by atoms with Crippen LogP contribution in [0, 0.1) is 0 Å². The van der Waals surface area contributed by atoms with Crippen LogP contribution in [0.2, 0.25) is 0 Å². The van der Waals surface area contributed by atoms with Crippen molar-refractivity contribution in [3.05, 3.63) is 18.1 Å². The zero-order valence-corrected chi connectivity index (χ0v) is 12.4. The zero-order chi connectivity index (χ0) is 13.8. The van der Waals surface area contributed by atoms with E-state index < -0.39 is 0 Å². The highest BCUT2D eigenvalue weighted by Gasteiger charge is 2.18. The Morgan fingerprint density at radius 1 is 1.17 bits per heavy atom. The number of aromatic nitrogens is 2. The van der Waals surface area contributed by atoms with Crippen molar-refractivity contribution in [1.82, 2.24) is 15.3 Å². The molecule has 1 aromatic heterocycles. The molecule has 0 saturated carbocycles. The monoisotopic (exact) mass is 251 g/mol. The molecule has 1 heterocycles. The van der Waals surface area contributed by atoms with Gasteiger partial charge in [0.05, 0.1) is 11.9 Å². The summed E-state index contributed by atoms with van der Waals surface area (Å²) in [5.41, 5.74) is 0.765. The van der Waals surface area contributed by atoms with Crippen molar-refractivity contribution in [3.63, 3.8) is 0 Å². The maximum Gasteiger partial charge on any atom is 0.233 e. The summed E-state index contributed by atoms with van der Waals surface area (Å²) in [6, 6.07) is 0. The minimum atomic E-state index is -0.204. The molecular weight excluding hydrogens is 226 g/mol. The van der Waals surface area contributed by atoms with Gasteiger partial charge in [0, 0.05) is 18.3 Å². The second-order valence-electron chi connectivity index (χ2n) is 6.17. The fourth-order valence-electron chi connectivity index (χ4n) is 1.23. The predicted octanol–water partition coefficient (Wildman–Crippen LogP) is 2.93. The summed E-state index contributed by atoms with van der Waals surface area (Å²) in [7, 11) is 0. The fraction of sp³-hybridized carbons (Fsp3) is 0.714. The first-order valence-corrected chi connectivity index (χ1v) is 6.47.